The minimum Gasteiger partial charge on any atom is -0.458 e. The molecular formula is C11H12N2O2. The molecule has 0 aliphatic carbocycles. The summed E-state index contributed by atoms with van der Waals surface area (Å²) >= 11 is 0. The topological polar surface area (TPSA) is 57.2 Å². The van der Waals surface area contributed by atoms with Crippen LogP contribution in [0.2, 0.25) is 0 Å². The lowest BCUT2D eigenvalue weighted by Crippen LogP contribution is -2.08. The number of nitriles is 1. The number of carbonyl (C=O) groups is 1. The van der Waals surface area contributed by atoms with Gasteiger partial charge in [-0.15, -0.1) is 0 Å². The van der Waals surface area contributed by atoms with Crippen LogP contribution in [0.3, 0.4) is 0 Å². The van der Waals surface area contributed by atoms with Crippen molar-refractivity contribution in [2.45, 2.75) is 6.92 Å². The molecule has 0 saturated heterocycles. The van der Waals surface area contributed by atoms with Crippen LogP contribution < -0.4 is 0 Å². The predicted molar refractivity (Wildman–Crippen MR) is 55.2 cm³/mol. The maximum atomic E-state index is 11.7. The largest absolute Gasteiger partial charge is 0.458 e. The molecular weight excluding hydrogens is 192 g/mol. The van der Waals surface area contributed by atoms with E-state index in [0.29, 0.717) is 5.76 Å². The van der Waals surface area contributed by atoms with Crippen LogP contribution >= 0.6 is 0 Å². The molecule has 0 atom stereocenters. The van der Waals surface area contributed by atoms with Gasteiger partial charge in [-0.3, -0.25) is 4.79 Å². The zero-order valence-corrected chi connectivity index (χ0v) is 8.94. The van der Waals surface area contributed by atoms with E-state index in [4.69, 9.17) is 9.68 Å². The van der Waals surface area contributed by atoms with Gasteiger partial charge in [0.05, 0.1) is 0 Å². The first-order valence-electron chi connectivity index (χ1n) is 4.44. The van der Waals surface area contributed by atoms with Gasteiger partial charge in [0.25, 0.3) is 0 Å². The molecule has 1 aromatic rings. The first-order valence-corrected chi connectivity index (χ1v) is 4.44. The van der Waals surface area contributed by atoms with Crippen molar-refractivity contribution in [3.05, 3.63) is 35.4 Å². The van der Waals surface area contributed by atoms with Crippen molar-refractivity contribution in [3.8, 4) is 6.07 Å². The smallest absolute Gasteiger partial charge is 0.240 e. The zero-order valence-electron chi connectivity index (χ0n) is 8.94. The minimum atomic E-state index is -0.390. The van der Waals surface area contributed by atoms with Crippen LogP contribution in [0.1, 0.15) is 16.3 Å². The van der Waals surface area contributed by atoms with Gasteiger partial charge in [0.15, 0.2) is 5.76 Å². The maximum absolute atomic E-state index is 11.7. The summed E-state index contributed by atoms with van der Waals surface area (Å²) in [5.74, 6) is 0.460. The van der Waals surface area contributed by atoms with Crippen LogP contribution in [0, 0.1) is 18.3 Å². The van der Waals surface area contributed by atoms with Crippen LogP contribution in [0.4, 0.5) is 0 Å². The third-order valence-electron chi connectivity index (χ3n) is 1.72. The van der Waals surface area contributed by atoms with Gasteiger partial charge in [0, 0.05) is 20.3 Å². The van der Waals surface area contributed by atoms with Gasteiger partial charge in [-0.25, -0.2) is 0 Å². The summed E-state index contributed by atoms with van der Waals surface area (Å²) in [6.07, 6.45) is 1.47. The van der Waals surface area contributed by atoms with E-state index >= 15 is 0 Å². The van der Waals surface area contributed by atoms with Crippen LogP contribution in [0.5, 0.6) is 0 Å². The normalized spacial score (nSPS) is 10.9. The fraction of sp³-hybridized carbons (Fsp3) is 0.273. The highest BCUT2D eigenvalue weighted by Gasteiger charge is 2.15. The highest BCUT2D eigenvalue weighted by molar-refractivity contribution is 6.09. The lowest BCUT2D eigenvalue weighted by Gasteiger charge is -2.04. The monoisotopic (exact) mass is 204 g/mol. The fourth-order valence-corrected chi connectivity index (χ4v) is 1.09. The molecule has 1 rings (SSSR count). The van der Waals surface area contributed by atoms with Crippen molar-refractivity contribution in [1.29, 1.82) is 5.26 Å². The summed E-state index contributed by atoms with van der Waals surface area (Å²) in [4.78, 5) is 13.4. The van der Waals surface area contributed by atoms with Crippen LogP contribution in [0.15, 0.2) is 28.3 Å². The summed E-state index contributed by atoms with van der Waals surface area (Å²) in [6.45, 7) is 1.75. The molecule has 0 aromatic carbocycles. The van der Waals surface area contributed by atoms with Gasteiger partial charge < -0.3 is 9.32 Å². The van der Waals surface area contributed by atoms with Gasteiger partial charge in [-0.2, -0.15) is 5.26 Å². The van der Waals surface area contributed by atoms with Crippen LogP contribution in [-0.4, -0.2) is 24.8 Å². The standard InChI is InChI=1S/C11H12N2O2/c1-8-4-5-10(15-8)11(14)9(6-12)7-13(2)3/h4-5,7H,1-3H3/b9-7-. The molecule has 4 heteroatoms. The average molecular weight is 204 g/mol. The quantitative estimate of drug-likeness (QED) is 0.427. The molecule has 1 heterocycles. The van der Waals surface area contributed by atoms with Crippen LogP contribution in [0.25, 0.3) is 0 Å². The van der Waals surface area contributed by atoms with Crippen molar-refractivity contribution in [1.82, 2.24) is 4.90 Å². The first-order chi connectivity index (χ1) is 7.04. The minimum absolute atomic E-state index is 0.0642. The third kappa shape index (κ3) is 2.71. The number of nitrogens with zero attached hydrogens (tertiary/aromatic N) is 2. The number of Topliss-reactive ketones (excluding diaryl/α,β-unsaturated/α-hetero) is 1. The lowest BCUT2D eigenvalue weighted by molar-refractivity contribution is 0.101. The van der Waals surface area contributed by atoms with E-state index in [1.807, 2.05) is 6.07 Å². The number of allylic oxidation sites excluding steroid dienone is 1. The summed E-state index contributed by atoms with van der Waals surface area (Å²) in [6, 6.07) is 5.11. The van der Waals surface area contributed by atoms with Crippen molar-refractivity contribution in [2.75, 3.05) is 14.1 Å². The Morgan fingerprint density at radius 1 is 1.53 bits per heavy atom. The van der Waals surface area contributed by atoms with Crippen molar-refractivity contribution >= 4 is 5.78 Å². The zero-order chi connectivity index (χ0) is 11.4. The molecule has 1 aromatic heterocycles. The molecule has 0 N–H and O–H groups in total. The average Bonchev–Trinajstić information content (AvgIpc) is 2.60. The molecule has 0 amide bonds. The van der Waals surface area contributed by atoms with Crippen molar-refractivity contribution in [2.24, 2.45) is 0 Å². The number of aryl methyl sites for hydroxylation is 1. The second-order valence-electron chi connectivity index (χ2n) is 3.36. The Bertz CT molecular complexity index is 436. The lowest BCUT2D eigenvalue weighted by atomic mass is 10.1. The van der Waals surface area contributed by atoms with Gasteiger partial charge in [0.1, 0.15) is 17.4 Å². The molecule has 4 nitrogen and oxygen atoms in total. The highest BCUT2D eigenvalue weighted by atomic mass is 16.3. The van der Waals surface area contributed by atoms with Gasteiger partial charge in [-0.05, 0) is 19.1 Å². The van der Waals surface area contributed by atoms with Crippen molar-refractivity contribution < 1.29 is 9.21 Å². The predicted octanol–water partition coefficient (Wildman–Crippen LogP) is 1.74. The summed E-state index contributed by atoms with van der Waals surface area (Å²) in [5.41, 5.74) is 0.0642. The SMILES string of the molecule is Cc1ccc(C(=O)/C(C#N)=C\N(C)C)o1. The Labute approximate surface area is 88.4 Å². The Morgan fingerprint density at radius 2 is 2.20 bits per heavy atom. The van der Waals surface area contributed by atoms with E-state index in [0.717, 1.165) is 0 Å². The molecule has 0 aliphatic rings. The highest BCUT2D eigenvalue weighted by Crippen LogP contribution is 2.11. The van der Waals surface area contributed by atoms with E-state index in [1.165, 1.54) is 6.20 Å². The summed E-state index contributed by atoms with van der Waals surface area (Å²) in [7, 11) is 3.50. The number of hydrogen-bond acceptors (Lipinski definition) is 4. The summed E-state index contributed by atoms with van der Waals surface area (Å²) in [5, 5.41) is 8.81. The molecule has 0 bridgehead atoms. The van der Waals surface area contributed by atoms with Crippen molar-refractivity contribution in [3.63, 3.8) is 0 Å². The Balaban J connectivity index is 2.99. The molecule has 15 heavy (non-hydrogen) atoms. The fourth-order valence-electron chi connectivity index (χ4n) is 1.09. The van der Waals surface area contributed by atoms with Crippen LogP contribution in [-0.2, 0) is 0 Å². The number of ketones is 1. The number of furan rings is 1. The van der Waals surface area contributed by atoms with E-state index < -0.39 is 0 Å². The molecule has 0 aliphatic heterocycles. The first kappa shape index (κ1) is 11.1. The number of hydrogen-bond donors (Lipinski definition) is 0. The van der Waals surface area contributed by atoms with E-state index in [2.05, 4.69) is 0 Å². The second-order valence-corrected chi connectivity index (χ2v) is 3.36. The van der Waals surface area contributed by atoms with E-state index in [-0.39, 0.29) is 17.1 Å². The maximum Gasteiger partial charge on any atom is 0.240 e. The molecule has 0 unspecified atom stereocenters. The number of carbonyl (C=O) groups excluding carboxylic acids is 1. The molecule has 0 spiro atoms. The summed E-state index contributed by atoms with van der Waals surface area (Å²) < 4.78 is 5.15. The van der Waals surface area contributed by atoms with E-state index in [9.17, 15) is 4.79 Å². The third-order valence-corrected chi connectivity index (χ3v) is 1.72. The second kappa shape index (κ2) is 4.47. The molecule has 0 radical (unpaired) electrons. The van der Waals surface area contributed by atoms with E-state index in [1.54, 1.807) is 38.1 Å². The van der Waals surface area contributed by atoms with Gasteiger partial charge >= 0.3 is 0 Å². The Morgan fingerprint density at radius 3 is 2.60 bits per heavy atom. The Kier molecular flexibility index (Phi) is 3.29. The van der Waals surface area contributed by atoms with Gasteiger partial charge in [-0.1, -0.05) is 0 Å². The number of rotatable bonds is 3. The molecule has 0 saturated carbocycles. The molecule has 0 fully saturated rings. The molecule has 78 valence electrons. The van der Waals surface area contributed by atoms with Gasteiger partial charge in [0.2, 0.25) is 5.78 Å². The Hall–Kier alpha value is -2.02.